The van der Waals surface area contributed by atoms with Gasteiger partial charge in [-0.05, 0) is 25.0 Å². The molecule has 1 aliphatic heterocycles. The zero-order chi connectivity index (χ0) is 13.0. The zero-order valence-corrected chi connectivity index (χ0v) is 11.5. The van der Waals surface area contributed by atoms with E-state index in [0.29, 0.717) is 12.1 Å². The number of unbranched alkanes of at least 4 members (excludes halogenated alkanes) is 1. The van der Waals surface area contributed by atoms with E-state index in [4.69, 9.17) is 0 Å². The molecule has 18 heavy (non-hydrogen) atoms. The van der Waals surface area contributed by atoms with Crippen LogP contribution in [0.15, 0.2) is 24.3 Å². The van der Waals surface area contributed by atoms with Crippen LogP contribution in [0, 0.1) is 0 Å². The Morgan fingerprint density at radius 2 is 2.11 bits per heavy atom. The highest BCUT2D eigenvalue weighted by Gasteiger charge is 2.19. The van der Waals surface area contributed by atoms with Crippen molar-refractivity contribution >= 4 is 21.4 Å². The Hall–Kier alpha value is -1.23. The van der Waals surface area contributed by atoms with Crippen LogP contribution in [0.4, 0.5) is 11.4 Å². The summed E-state index contributed by atoms with van der Waals surface area (Å²) < 4.78 is 26.2. The second kappa shape index (κ2) is 5.61. The maximum absolute atomic E-state index is 11.8. The number of nitrogens with zero attached hydrogens (tertiary/aromatic N) is 1. The van der Waals surface area contributed by atoms with Crippen molar-refractivity contribution in [1.29, 1.82) is 0 Å². The largest absolute Gasteiger partial charge is 0.370 e. The molecule has 4 nitrogen and oxygen atoms in total. The van der Waals surface area contributed by atoms with E-state index in [0.717, 1.165) is 31.6 Å². The summed E-state index contributed by atoms with van der Waals surface area (Å²) >= 11 is 0. The van der Waals surface area contributed by atoms with Gasteiger partial charge in [-0.1, -0.05) is 25.5 Å². The van der Waals surface area contributed by atoms with Crippen molar-refractivity contribution < 1.29 is 8.42 Å². The lowest BCUT2D eigenvalue weighted by molar-refractivity contribution is 0.595. The van der Waals surface area contributed by atoms with E-state index in [1.807, 2.05) is 24.3 Å². The number of rotatable bonds is 3. The first-order valence-electron chi connectivity index (χ1n) is 6.47. The summed E-state index contributed by atoms with van der Waals surface area (Å²) in [6.07, 6.45) is 2.94. The minimum absolute atomic E-state index is 0.198. The van der Waals surface area contributed by atoms with Crippen LogP contribution >= 0.6 is 0 Å². The summed E-state index contributed by atoms with van der Waals surface area (Å²) in [6.45, 7) is 3.95. The van der Waals surface area contributed by atoms with E-state index in [1.165, 1.54) is 0 Å². The van der Waals surface area contributed by atoms with Crippen LogP contribution in [0.5, 0.6) is 0 Å². The van der Waals surface area contributed by atoms with Crippen LogP contribution in [0.25, 0.3) is 0 Å². The lowest BCUT2D eigenvalue weighted by Gasteiger charge is -2.29. The SMILES string of the molecule is CCCCN1CCCS(=O)(=O)Nc2ccccc21. The first-order valence-corrected chi connectivity index (χ1v) is 8.12. The molecule has 2 rings (SSSR count). The molecule has 5 heteroatoms. The molecule has 0 spiro atoms. The van der Waals surface area contributed by atoms with Gasteiger partial charge < -0.3 is 4.90 Å². The van der Waals surface area contributed by atoms with E-state index in [1.54, 1.807) is 0 Å². The second-order valence-electron chi connectivity index (χ2n) is 4.63. The molecular weight excluding hydrogens is 248 g/mol. The molecule has 0 atom stereocenters. The van der Waals surface area contributed by atoms with Crippen molar-refractivity contribution in [3.8, 4) is 0 Å². The smallest absolute Gasteiger partial charge is 0.232 e. The standard InChI is InChI=1S/C13H20N2O2S/c1-2-3-9-15-10-6-11-18(16,17)14-12-7-4-5-8-13(12)15/h4-5,7-8,14H,2-3,6,9-11H2,1H3. The van der Waals surface area contributed by atoms with Crippen LogP contribution < -0.4 is 9.62 Å². The van der Waals surface area contributed by atoms with Gasteiger partial charge in [0.25, 0.3) is 0 Å². The molecule has 0 bridgehead atoms. The number of hydrogen-bond acceptors (Lipinski definition) is 3. The molecule has 0 saturated carbocycles. The Bertz CT molecular complexity index is 499. The highest BCUT2D eigenvalue weighted by atomic mass is 32.2. The van der Waals surface area contributed by atoms with Crippen LogP contribution in [0.2, 0.25) is 0 Å². The second-order valence-corrected chi connectivity index (χ2v) is 6.47. The molecule has 0 radical (unpaired) electrons. The Kier molecular flexibility index (Phi) is 4.11. The van der Waals surface area contributed by atoms with Crippen molar-refractivity contribution in [3.63, 3.8) is 0 Å². The molecular formula is C13H20N2O2S. The molecule has 1 aliphatic rings. The van der Waals surface area contributed by atoms with E-state index < -0.39 is 10.0 Å². The van der Waals surface area contributed by atoms with Gasteiger partial charge in [0.2, 0.25) is 10.0 Å². The maximum Gasteiger partial charge on any atom is 0.232 e. The third-order valence-electron chi connectivity index (χ3n) is 3.13. The van der Waals surface area contributed by atoms with Crippen molar-refractivity contribution in [3.05, 3.63) is 24.3 Å². The first-order chi connectivity index (χ1) is 8.62. The van der Waals surface area contributed by atoms with Gasteiger partial charge in [-0.25, -0.2) is 8.42 Å². The van der Waals surface area contributed by atoms with Gasteiger partial charge in [-0.2, -0.15) is 0 Å². The third kappa shape index (κ3) is 3.16. The van der Waals surface area contributed by atoms with Crippen LogP contribution in [-0.2, 0) is 10.0 Å². The first kappa shape index (κ1) is 13.2. The van der Waals surface area contributed by atoms with Gasteiger partial charge in [0, 0.05) is 13.1 Å². The fraction of sp³-hybridized carbons (Fsp3) is 0.538. The zero-order valence-electron chi connectivity index (χ0n) is 10.7. The number of anilines is 2. The number of sulfonamides is 1. The summed E-state index contributed by atoms with van der Waals surface area (Å²) in [7, 11) is -3.18. The monoisotopic (exact) mass is 268 g/mol. The lowest BCUT2D eigenvalue weighted by atomic mass is 10.2. The van der Waals surface area contributed by atoms with Gasteiger partial charge >= 0.3 is 0 Å². The van der Waals surface area contributed by atoms with E-state index >= 15 is 0 Å². The molecule has 1 aromatic carbocycles. The fourth-order valence-corrected chi connectivity index (χ4v) is 3.32. The molecule has 1 heterocycles. The van der Waals surface area contributed by atoms with Crippen molar-refractivity contribution in [2.45, 2.75) is 26.2 Å². The topological polar surface area (TPSA) is 49.4 Å². The Morgan fingerprint density at radius 1 is 1.33 bits per heavy atom. The van der Waals surface area contributed by atoms with Crippen LogP contribution in [0.3, 0.4) is 0 Å². The Morgan fingerprint density at radius 3 is 2.89 bits per heavy atom. The molecule has 0 unspecified atom stereocenters. The molecule has 1 aromatic rings. The number of hydrogen-bond donors (Lipinski definition) is 1. The average Bonchev–Trinajstić information content (AvgIpc) is 2.32. The van der Waals surface area contributed by atoms with E-state index in [9.17, 15) is 8.42 Å². The summed E-state index contributed by atoms with van der Waals surface area (Å²) in [5.41, 5.74) is 1.70. The van der Waals surface area contributed by atoms with Crippen molar-refractivity contribution in [2.24, 2.45) is 0 Å². The van der Waals surface area contributed by atoms with Crippen molar-refractivity contribution in [1.82, 2.24) is 0 Å². The predicted molar refractivity (Wildman–Crippen MR) is 75.6 cm³/mol. The van der Waals surface area contributed by atoms with E-state index in [2.05, 4.69) is 16.5 Å². The molecule has 0 aliphatic carbocycles. The van der Waals surface area contributed by atoms with Gasteiger partial charge in [-0.15, -0.1) is 0 Å². The molecule has 0 fully saturated rings. The van der Waals surface area contributed by atoms with Gasteiger partial charge in [0.15, 0.2) is 0 Å². The molecule has 100 valence electrons. The Balaban J connectivity index is 2.31. The highest BCUT2D eigenvalue weighted by molar-refractivity contribution is 7.92. The summed E-state index contributed by atoms with van der Waals surface area (Å²) in [5, 5.41) is 0. The summed E-state index contributed by atoms with van der Waals surface area (Å²) in [6, 6.07) is 7.63. The van der Waals surface area contributed by atoms with E-state index in [-0.39, 0.29) is 5.75 Å². The Labute approximate surface area is 109 Å². The minimum atomic E-state index is -3.18. The fourth-order valence-electron chi connectivity index (χ4n) is 2.20. The maximum atomic E-state index is 11.8. The highest BCUT2D eigenvalue weighted by Crippen LogP contribution is 2.28. The number of para-hydroxylation sites is 2. The molecule has 1 N–H and O–H groups in total. The summed E-state index contributed by atoms with van der Waals surface area (Å²) in [4.78, 5) is 2.28. The lowest BCUT2D eigenvalue weighted by Crippen LogP contribution is -2.32. The van der Waals surface area contributed by atoms with Crippen molar-refractivity contribution in [2.75, 3.05) is 28.5 Å². The number of nitrogens with one attached hydrogen (secondary N) is 1. The van der Waals surface area contributed by atoms with Gasteiger partial charge in [0.1, 0.15) is 0 Å². The van der Waals surface area contributed by atoms with Crippen LogP contribution in [0.1, 0.15) is 26.2 Å². The number of benzene rings is 1. The average molecular weight is 268 g/mol. The number of fused-ring (bicyclic) bond motifs is 1. The minimum Gasteiger partial charge on any atom is -0.370 e. The summed E-state index contributed by atoms with van der Waals surface area (Å²) in [5.74, 6) is 0.198. The molecule has 0 saturated heterocycles. The molecule has 0 aromatic heterocycles. The predicted octanol–water partition coefficient (Wildman–Crippen LogP) is 2.44. The van der Waals surface area contributed by atoms with Gasteiger partial charge in [-0.3, -0.25) is 4.72 Å². The van der Waals surface area contributed by atoms with Crippen LogP contribution in [-0.4, -0.2) is 27.3 Å². The normalized spacial score (nSPS) is 18.4. The third-order valence-corrected chi connectivity index (χ3v) is 4.49. The molecule has 0 amide bonds. The quantitative estimate of drug-likeness (QED) is 0.916. The van der Waals surface area contributed by atoms with Gasteiger partial charge in [0.05, 0.1) is 17.1 Å².